The molecule has 0 aliphatic carbocycles. The molecule has 4 nitrogen and oxygen atoms in total. The van der Waals surface area contributed by atoms with E-state index in [1.165, 1.54) is 5.56 Å². The molecule has 1 aliphatic heterocycles. The predicted molar refractivity (Wildman–Crippen MR) is 91.0 cm³/mol. The number of likely N-dealkylation sites (tertiary alicyclic amines) is 1. The summed E-state index contributed by atoms with van der Waals surface area (Å²) >= 11 is 0. The third-order valence-corrected chi connectivity index (χ3v) is 4.31. The van der Waals surface area contributed by atoms with Gasteiger partial charge in [0.05, 0.1) is 0 Å². The van der Waals surface area contributed by atoms with Crippen LogP contribution in [0.2, 0.25) is 0 Å². The number of aryl methyl sites for hydroxylation is 1. The second-order valence-corrected chi connectivity index (χ2v) is 6.19. The normalized spacial score (nSPS) is 17.9. The van der Waals surface area contributed by atoms with Gasteiger partial charge in [-0.3, -0.25) is 4.79 Å². The molecule has 2 aromatic rings. The van der Waals surface area contributed by atoms with Gasteiger partial charge in [0.2, 0.25) is 5.91 Å². The van der Waals surface area contributed by atoms with Crippen LogP contribution in [-0.2, 0) is 11.3 Å². The van der Waals surface area contributed by atoms with Crippen LogP contribution in [0.25, 0.3) is 11.3 Å². The van der Waals surface area contributed by atoms with Crippen molar-refractivity contribution in [3.8, 4) is 11.3 Å². The summed E-state index contributed by atoms with van der Waals surface area (Å²) in [6.45, 7) is 6.48. The van der Waals surface area contributed by atoms with Gasteiger partial charge in [0, 0.05) is 37.7 Å². The van der Waals surface area contributed by atoms with Crippen LogP contribution in [0.15, 0.2) is 40.8 Å². The van der Waals surface area contributed by atoms with E-state index in [1.807, 2.05) is 36.1 Å². The SMILES string of the molecule is CCCN1CC(NCc2ccccc2-c2ccc(C)o2)CC1=O. The number of hydrogen-bond acceptors (Lipinski definition) is 3. The van der Waals surface area contributed by atoms with Crippen molar-refractivity contribution in [2.45, 2.75) is 39.3 Å². The van der Waals surface area contributed by atoms with E-state index >= 15 is 0 Å². The maximum Gasteiger partial charge on any atom is 0.224 e. The molecule has 0 bridgehead atoms. The molecule has 1 aliphatic rings. The first-order valence-corrected chi connectivity index (χ1v) is 8.33. The van der Waals surface area contributed by atoms with Gasteiger partial charge >= 0.3 is 0 Å². The van der Waals surface area contributed by atoms with Crippen LogP contribution in [0.3, 0.4) is 0 Å². The van der Waals surface area contributed by atoms with E-state index in [4.69, 9.17) is 4.42 Å². The highest BCUT2D eigenvalue weighted by molar-refractivity contribution is 5.79. The second kappa shape index (κ2) is 7.01. The molecule has 1 amide bonds. The lowest BCUT2D eigenvalue weighted by molar-refractivity contribution is -0.127. The van der Waals surface area contributed by atoms with E-state index in [-0.39, 0.29) is 11.9 Å². The molecule has 4 heteroatoms. The number of rotatable bonds is 6. The summed E-state index contributed by atoms with van der Waals surface area (Å²) < 4.78 is 5.76. The quantitative estimate of drug-likeness (QED) is 0.889. The van der Waals surface area contributed by atoms with Crippen LogP contribution in [0, 0.1) is 6.92 Å². The van der Waals surface area contributed by atoms with E-state index < -0.39 is 0 Å². The molecule has 2 heterocycles. The van der Waals surface area contributed by atoms with Crippen molar-refractivity contribution in [2.75, 3.05) is 13.1 Å². The van der Waals surface area contributed by atoms with Crippen molar-refractivity contribution >= 4 is 5.91 Å². The zero-order valence-corrected chi connectivity index (χ0v) is 13.8. The average Bonchev–Trinajstić information content (AvgIpc) is 3.12. The van der Waals surface area contributed by atoms with Crippen LogP contribution in [0.4, 0.5) is 0 Å². The molecular weight excluding hydrogens is 288 g/mol. The van der Waals surface area contributed by atoms with Gasteiger partial charge in [0.25, 0.3) is 0 Å². The number of carbonyl (C=O) groups excluding carboxylic acids is 1. The molecule has 0 spiro atoms. The molecule has 122 valence electrons. The molecule has 3 rings (SSSR count). The van der Waals surface area contributed by atoms with Gasteiger partial charge in [-0.1, -0.05) is 31.2 Å². The number of furan rings is 1. The van der Waals surface area contributed by atoms with E-state index in [9.17, 15) is 4.79 Å². The number of benzene rings is 1. The Labute approximate surface area is 137 Å². The minimum absolute atomic E-state index is 0.237. The number of nitrogens with zero attached hydrogens (tertiary/aromatic N) is 1. The van der Waals surface area contributed by atoms with E-state index in [2.05, 4.69) is 24.4 Å². The van der Waals surface area contributed by atoms with E-state index in [1.54, 1.807) is 0 Å². The summed E-state index contributed by atoms with van der Waals surface area (Å²) in [5.41, 5.74) is 2.31. The Morgan fingerprint density at radius 1 is 1.26 bits per heavy atom. The van der Waals surface area contributed by atoms with Crippen LogP contribution in [0.5, 0.6) is 0 Å². The minimum Gasteiger partial charge on any atom is -0.461 e. The van der Waals surface area contributed by atoms with Crippen molar-refractivity contribution in [2.24, 2.45) is 0 Å². The average molecular weight is 312 g/mol. The fourth-order valence-corrected chi connectivity index (χ4v) is 3.14. The minimum atomic E-state index is 0.237. The first-order chi connectivity index (χ1) is 11.2. The lowest BCUT2D eigenvalue weighted by atomic mass is 10.0. The molecule has 1 aromatic heterocycles. The van der Waals surface area contributed by atoms with Gasteiger partial charge in [0.15, 0.2) is 0 Å². The fourth-order valence-electron chi connectivity index (χ4n) is 3.14. The summed E-state index contributed by atoms with van der Waals surface area (Å²) in [6, 6.07) is 12.5. The zero-order chi connectivity index (χ0) is 16.2. The Bertz CT molecular complexity index is 678. The molecule has 1 saturated heterocycles. The van der Waals surface area contributed by atoms with E-state index in [0.29, 0.717) is 6.42 Å². The first-order valence-electron chi connectivity index (χ1n) is 8.33. The monoisotopic (exact) mass is 312 g/mol. The Hall–Kier alpha value is -2.07. The summed E-state index contributed by atoms with van der Waals surface area (Å²) in [4.78, 5) is 13.9. The molecule has 0 saturated carbocycles. The van der Waals surface area contributed by atoms with Crippen molar-refractivity contribution in [1.29, 1.82) is 0 Å². The number of carbonyl (C=O) groups is 1. The predicted octanol–water partition coefficient (Wildman–Crippen LogP) is 3.36. The molecule has 1 fully saturated rings. The fraction of sp³-hybridized carbons (Fsp3) is 0.421. The molecule has 1 unspecified atom stereocenters. The Kier molecular flexibility index (Phi) is 4.82. The Morgan fingerprint density at radius 2 is 2.09 bits per heavy atom. The Balaban J connectivity index is 1.66. The second-order valence-electron chi connectivity index (χ2n) is 6.19. The van der Waals surface area contributed by atoms with Crippen molar-refractivity contribution in [3.63, 3.8) is 0 Å². The van der Waals surface area contributed by atoms with Crippen molar-refractivity contribution in [3.05, 3.63) is 47.7 Å². The van der Waals surface area contributed by atoms with Crippen LogP contribution in [0.1, 0.15) is 31.1 Å². The van der Waals surface area contributed by atoms with Crippen LogP contribution < -0.4 is 5.32 Å². The van der Waals surface area contributed by atoms with Crippen molar-refractivity contribution in [1.82, 2.24) is 10.2 Å². The highest BCUT2D eigenvalue weighted by Crippen LogP contribution is 2.26. The molecule has 1 N–H and O–H groups in total. The van der Waals surface area contributed by atoms with Gasteiger partial charge in [-0.15, -0.1) is 0 Å². The summed E-state index contributed by atoms with van der Waals surface area (Å²) in [5.74, 6) is 2.08. The third-order valence-electron chi connectivity index (χ3n) is 4.31. The third kappa shape index (κ3) is 3.64. The summed E-state index contributed by atoms with van der Waals surface area (Å²) in [7, 11) is 0. The standard InChI is InChI=1S/C19H24N2O2/c1-3-10-21-13-16(11-19(21)22)20-12-15-6-4-5-7-17(15)18-9-8-14(2)23-18/h4-9,16,20H,3,10-13H2,1-2H3. The molecular formula is C19H24N2O2. The lowest BCUT2D eigenvalue weighted by Gasteiger charge is -2.16. The summed E-state index contributed by atoms with van der Waals surface area (Å²) in [5, 5.41) is 3.53. The lowest BCUT2D eigenvalue weighted by Crippen LogP contribution is -2.32. The smallest absolute Gasteiger partial charge is 0.224 e. The van der Waals surface area contributed by atoms with Gasteiger partial charge in [-0.05, 0) is 31.0 Å². The molecule has 0 radical (unpaired) electrons. The number of amides is 1. The van der Waals surface area contributed by atoms with Gasteiger partial charge in [-0.2, -0.15) is 0 Å². The number of nitrogens with one attached hydrogen (secondary N) is 1. The molecule has 23 heavy (non-hydrogen) atoms. The van der Waals surface area contributed by atoms with Gasteiger partial charge in [-0.25, -0.2) is 0 Å². The number of hydrogen-bond donors (Lipinski definition) is 1. The molecule has 1 aromatic carbocycles. The van der Waals surface area contributed by atoms with E-state index in [0.717, 1.165) is 43.1 Å². The zero-order valence-electron chi connectivity index (χ0n) is 13.8. The van der Waals surface area contributed by atoms with Crippen molar-refractivity contribution < 1.29 is 9.21 Å². The van der Waals surface area contributed by atoms with Crippen LogP contribution >= 0.6 is 0 Å². The Morgan fingerprint density at radius 3 is 2.83 bits per heavy atom. The van der Waals surface area contributed by atoms with Crippen LogP contribution in [-0.4, -0.2) is 29.9 Å². The van der Waals surface area contributed by atoms with Gasteiger partial charge < -0.3 is 14.6 Å². The largest absolute Gasteiger partial charge is 0.461 e. The first kappa shape index (κ1) is 15.8. The van der Waals surface area contributed by atoms with Gasteiger partial charge in [0.1, 0.15) is 11.5 Å². The molecule has 1 atom stereocenters. The highest BCUT2D eigenvalue weighted by atomic mass is 16.3. The summed E-state index contributed by atoms with van der Waals surface area (Å²) in [6.07, 6.45) is 1.61. The maximum atomic E-state index is 11.9. The maximum absolute atomic E-state index is 11.9. The highest BCUT2D eigenvalue weighted by Gasteiger charge is 2.28. The topological polar surface area (TPSA) is 45.5 Å².